The van der Waals surface area contributed by atoms with Gasteiger partial charge in [-0.25, -0.2) is 4.79 Å². The number of carbonyl (C=O) groups is 1. The van der Waals surface area contributed by atoms with Gasteiger partial charge in [-0.2, -0.15) is 14.0 Å². The highest BCUT2D eigenvalue weighted by atomic mass is 35.5. The predicted octanol–water partition coefficient (Wildman–Crippen LogP) is 3.08. The Balaban J connectivity index is 3.32. The molecule has 0 saturated carbocycles. The van der Waals surface area contributed by atoms with Crippen LogP contribution in [0.25, 0.3) is 0 Å². The first-order valence-corrected chi connectivity index (χ1v) is 5.81. The number of rotatable bonds is 5. The van der Waals surface area contributed by atoms with E-state index in [1.165, 1.54) is 0 Å². The summed E-state index contributed by atoms with van der Waals surface area (Å²) in [4.78, 5) is 11.6. The molecule has 0 atom stereocenters. The van der Waals surface area contributed by atoms with Crippen LogP contribution in [-0.4, -0.2) is 19.2 Å². The van der Waals surface area contributed by atoms with E-state index in [9.17, 15) is 13.6 Å². The summed E-state index contributed by atoms with van der Waals surface area (Å²) in [7, 11) is 0. The Hall–Kier alpha value is -1.87. The second-order valence-corrected chi connectivity index (χ2v) is 3.62. The van der Waals surface area contributed by atoms with E-state index < -0.39 is 12.6 Å². The lowest BCUT2D eigenvalue weighted by molar-refractivity contribution is -0.0504. The summed E-state index contributed by atoms with van der Waals surface area (Å²) in [5.41, 5.74) is 0.181. The predicted molar refractivity (Wildman–Crippen MR) is 63.3 cm³/mol. The second kappa shape index (κ2) is 6.90. The molecule has 0 fully saturated rings. The van der Waals surface area contributed by atoms with Crippen molar-refractivity contribution >= 4 is 17.6 Å². The van der Waals surface area contributed by atoms with Gasteiger partial charge in [0, 0.05) is 5.88 Å². The number of alkyl halides is 3. The van der Waals surface area contributed by atoms with E-state index in [-0.39, 0.29) is 29.4 Å². The van der Waals surface area contributed by atoms with Gasteiger partial charge < -0.3 is 9.47 Å². The van der Waals surface area contributed by atoms with Crippen molar-refractivity contribution in [1.82, 2.24) is 0 Å². The van der Waals surface area contributed by atoms with E-state index in [4.69, 9.17) is 21.6 Å². The summed E-state index contributed by atoms with van der Waals surface area (Å²) in [5.74, 6) is -1.26. The summed E-state index contributed by atoms with van der Waals surface area (Å²) in [6, 6.07) is 4.10. The van der Waals surface area contributed by atoms with E-state index in [0.29, 0.717) is 5.56 Å². The molecule has 0 aliphatic heterocycles. The van der Waals surface area contributed by atoms with Crippen molar-refractivity contribution in [3.8, 4) is 11.8 Å². The first-order valence-electron chi connectivity index (χ1n) is 5.28. The summed E-state index contributed by atoms with van der Waals surface area (Å²) in [5, 5.41) is 8.91. The van der Waals surface area contributed by atoms with Crippen LogP contribution in [-0.2, 0) is 10.6 Å². The van der Waals surface area contributed by atoms with E-state index in [2.05, 4.69) is 4.74 Å². The Kier molecular flexibility index (Phi) is 5.52. The van der Waals surface area contributed by atoms with Crippen molar-refractivity contribution in [2.45, 2.75) is 19.4 Å². The highest BCUT2D eigenvalue weighted by Gasteiger charge is 2.20. The lowest BCUT2D eigenvalue weighted by Crippen LogP contribution is -2.11. The first kappa shape index (κ1) is 15.2. The molecule has 0 unspecified atom stereocenters. The molecule has 0 aliphatic carbocycles. The third kappa shape index (κ3) is 3.80. The Morgan fingerprint density at radius 2 is 2.21 bits per heavy atom. The van der Waals surface area contributed by atoms with Gasteiger partial charge in [0.25, 0.3) is 0 Å². The fourth-order valence-electron chi connectivity index (χ4n) is 1.40. The lowest BCUT2D eigenvalue weighted by atomic mass is 10.0. The third-order valence-electron chi connectivity index (χ3n) is 2.18. The van der Waals surface area contributed by atoms with Gasteiger partial charge in [-0.05, 0) is 24.6 Å². The van der Waals surface area contributed by atoms with Gasteiger partial charge in [0.05, 0.1) is 18.2 Å². The topological polar surface area (TPSA) is 59.3 Å². The number of esters is 1. The zero-order valence-electron chi connectivity index (χ0n) is 9.95. The fourth-order valence-corrected chi connectivity index (χ4v) is 1.62. The van der Waals surface area contributed by atoms with E-state index in [0.717, 1.165) is 12.1 Å². The molecule has 0 aromatic heterocycles. The number of halogens is 3. The van der Waals surface area contributed by atoms with Gasteiger partial charge in [0.15, 0.2) is 0 Å². The third-order valence-corrected chi connectivity index (χ3v) is 2.47. The molecular weight excluding hydrogens is 280 g/mol. The normalized spacial score (nSPS) is 10.1. The van der Waals surface area contributed by atoms with Crippen LogP contribution in [0.1, 0.15) is 28.4 Å². The maximum atomic E-state index is 12.3. The molecule has 0 heterocycles. The standard InChI is InChI=1S/C12H10ClF2NO3/c1-2-18-11(17)9-3-8(6-16)7(5-13)4-10(9)19-12(14)15/h3-4,12H,2,5H2,1H3. The smallest absolute Gasteiger partial charge is 0.387 e. The highest BCUT2D eigenvalue weighted by Crippen LogP contribution is 2.27. The molecule has 7 heteroatoms. The van der Waals surface area contributed by atoms with Crippen LogP contribution in [0, 0.1) is 11.3 Å². The maximum Gasteiger partial charge on any atom is 0.387 e. The van der Waals surface area contributed by atoms with Crippen LogP contribution in [0.3, 0.4) is 0 Å². The second-order valence-electron chi connectivity index (χ2n) is 3.35. The summed E-state index contributed by atoms with van der Waals surface area (Å²) in [6.07, 6.45) is 0. The minimum absolute atomic E-state index is 0.0639. The van der Waals surface area contributed by atoms with Gasteiger partial charge >= 0.3 is 12.6 Å². The quantitative estimate of drug-likeness (QED) is 0.617. The average molecular weight is 290 g/mol. The Morgan fingerprint density at radius 3 is 2.68 bits per heavy atom. The molecule has 1 aromatic rings. The van der Waals surface area contributed by atoms with Gasteiger partial charge in [-0.3, -0.25) is 0 Å². The van der Waals surface area contributed by atoms with Crippen LogP contribution in [0.4, 0.5) is 8.78 Å². The Bertz CT molecular complexity index is 514. The van der Waals surface area contributed by atoms with Gasteiger partial charge in [-0.15, -0.1) is 11.6 Å². The Labute approximate surface area is 113 Å². The molecule has 0 amide bonds. The number of carbonyl (C=O) groups excluding carboxylic acids is 1. The molecule has 0 radical (unpaired) electrons. The number of ether oxygens (including phenoxy) is 2. The average Bonchev–Trinajstić information content (AvgIpc) is 2.37. The summed E-state index contributed by atoms with van der Waals surface area (Å²) >= 11 is 5.60. The van der Waals surface area contributed by atoms with Crippen molar-refractivity contribution in [2.24, 2.45) is 0 Å². The maximum absolute atomic E-state index is 12.3. The van der Waals surface area contributed by atoms with Crippen LogP contribution >= 0.6 is 11.6 Å². The van der Waals surface area contributed by atoms with Crippen molar-refractivity contribution in [1.29, 1.82) is 5.26 Å². The van der Waals surface area contributed by atoms with Crippen molar-refractivity contribution in [2.75, 3.05) is 6.61 Å². The number of hydrogen-bond donors (Lipinski definition) is 0. The zero-order chi connectivity index (χ0) is 14.4. The van der Waals surface area contributed by atoms with E-state index in [1.54, 1.807) is 6.92 Å². The molecule has 0 bridgehead atoms. The fraction of sp³-hybridized carbons (Fsp3) is 0.333. The SMILES string of the molecule is CCOC(=O)c1cc(C#N)c(CCl)cc1OC(F)F. The van der Waals surface area contributed by atoms with Crippen LogP contribution in [0.2, 0.25) is 0 Å². The van der Waals surface area contributed by atoms with Gasteiger partial charge in [0.2, 0.25) is 0 Å². The number of nitrogens with zero attached hydrogens (tertiary/aromatic N) is 1. The summed E-state index contributed by atoms with van der Waals surface area (Å²) < 4.78 is 33.6. The molecule has 0 N–H and O–H groups in total. The van der Waals surface area contributed by atoms with Gasteiger partial charge in [0.1, 0.15) is 11.3 Å². The van der Waals surface area contributed by atoms with Crippen LogP contribution < -0.4 is 4.74 Å². The van der Waals surface area contributed by atoms with Gasteiger partial charge in [-0.1, -0.05) is 0 Å². The van der Waals surface area contributed by atoms with E-state index in [1.807, 2.05) is 6.07 Å². The first-order chi connectivity index (χ1) is 9.03. The number of hydrogen-bond acceptors (Lipinski definition) is 4. The molecule has 0 aliphatic rings. The Morgan fingerprint density at radius 1 is 1.53 bits per heavy atom. The molecule has 102 valence electrons. The number of benzene rings is 1. The molecular formula is C12H10ClF2NO3. The largest absolute Gasteiger partial charge is 0.462 e. The summed E-state index contributed by atoms with van der Waals surface area (Å²) in [6.45, 7) is -1.44. The number of nitriles is 1. The van der Waals surface area contributed by atoms with Crippen LogP contribution in [0.15, 0.2) is 12.1 Å². The van der Waals surface area contributed by atoms with Crippen molar-refractivity contribution in [3.63, 3.8) is 0 Å². The molecule has 4 nitrogen and oxygen atoms in total. The minimum atomic E-state index is -3.09. The highest BCUT2D eigenvalue weighted by molar-refractivity contribution is 6.17. The van der Waals surface area contributed by atoms with E-state index >= 15 is 0 Å². The molecule has 0 spiro atoms. The van der Waals surface area contributed by atoms with Crippen LogP contribution in [0.5, 0.6) is 5.75 Å². The lowest BCUT2D eigenvalue weighted by Gasteiger charge is -2.12. The molecule has 1 rings (SSSR count). The van der Waals surface area contributed by atoms with Crippen molar-refractivity contribution in [3.05, 3.63) is 28.8 Å². The monoisotopic (exact) mass is 289 g/mol. The van der Waals surface area contributed by atoms with Crippen molar-refractivity contribution < 1.29 is 23.0 Å². The molecule has 0 saturated heterocycles. The minimum Gasteiger partial charge on any atom is -0.462 e. The molecule has 1 aromatic carbocycles. The molecule has 19 heavy (non-hydrogen) atoms. The zero-order valence-corrected chi connectivity index (χ0v) is 10.7.